The van der Waals surface area contributed by atoms with Crippen LogP contribution in [0.3, 0.4) is 0 Å². The molecule has 0 saturated heterocycles. The summed E-state index contributed by atoms with van der Waals surface area (Å²) in [5.41, 5.74) is 2.48. The number of nitrogen functional groups attached to an aromatic ring is 1. The van der Waals surface area contributed by atoms with Crippen LogP contribution in [0.15, 0.2) is 11.0 Å². The maximum absolute atomic E-state index is 12.3. The minimum atomic E-state index is -4.75. The van der Waals surface area contributed by atoms with Crippen molar-refractivity contribution >= 4 is 11.7 Å². The van der Waals surface area contributed by atoms with Crippen LogP contribution in [-0.4, -0.2) is 15.5 Å². The van der Waals surface area contributed by atoms with Crippen molar-refractivity contribution in [1.29, 1.82) is 0 Å². The molecule has 1 heterocycles. The molecule has 0 bridgehead atoms. The maximum Gasteiger partial charge on any atom is 0.421 e. The summed E-state index contributed by atoms with van der Waals surface area (Å²) in [5, 5.41) is 0. The van der Waals surface area contributed by atoms with Crippen LogP contribution in [0.25, 0.3) is 0 Å². The third kappa shape index (κ3) is 2.14. The topological polar surface area (TPSA) is 78.0 Å². The van der Waals surface area contributed by atoms with Gasteiger partial charge in [0.2, 0.25) is 5.91 Å². The zero-order chi connectivity index (χ0) is 11.8. The molecule has 82 valence electrons. The number of anilines is 1. The largest absolute Gasteiger partial charge is 0.421 e. The van der Waals surface area contributed by atoms with E-state index in [0.29, 0.717) is 6.20 Å². The lowest BCUT2D eigenvalue weighted by Crippen LogP contribution is -2.30. The Balaban J connectivity index is 3.50. The van der Waals surface area contributed by atoms with Gasteiger partial charge in [0.1, 0.15) is 11.4 Å². The van der Waals surface area contributed by atoms with Gasteiger partial charge < -0.3 is 5.73 Å². The lowest BCUT2D eigenvalue weighted by Gasteiger charge is -2.09. The summed E-state index contributed by atoms with van der Waals surface area (Å²) in [7, 11) is 0. The van der Waals surface area contributed by atoms with E-state index in [-0.39, 0.29) is 4.57 Å². The van der Waals surface area contributed by atoms with E-state index in [9.17, 15) is 22.8 Å². The lowest BCUT2D eigenvalue weighted by molar-refractivity contribution is -0.137. The Morgan fingerprint density at radius 3 is 2.47 bits per heavy atom. The highest BCUT2D eigenvalue weighted by Crippen LogP contribution is 2.31. The smallest absolute Gasteiger partial charge is 0.383 e. The standard InChI is InChI=1S/C7H6F3N3O2/c1-3(14)13-2-4(7(8,9)10)5(11)12-6(13)15/h2H,1H3,(H2,11,12,15). The summed E-state index contributed by atoms with van der Waals surface area (Å²) in [6, 6.07) is 0. The molecule has 0 amide bonds. The highest BCUT2D eigenvalue weighted by molar-refractivity contribution is 5.76. The fourth-order valence-electron chi connectivity index (χ4n) is 0.912. The number of rotatable bonds is 0. The molecule has 2 N–H and O–H groups in total. The molecule has 8 heteroatoms. The number of halogens is 3. The average Bonchev–Trinajstić information content (AvgIpc) is 2.00. The molecule has 0 aliphatic rings. The van der Waals surface area contributed by atoms with Gasteiger partial charge in [-0.15, -0.1) is 0 Å². The third-order valence-corrected chi connectivity index (χ3v) is 1.60. The Hall–Kier alpha value is -1.86. The lowest BCUT2D eigenvalue weighted by atomic mass is 10.3. The highest BCUT2D eigenvalue weighted by atomic mass is 19.4. The van der Waals surface area contributed by atoms with Crippen LogP contribution in [0.2, 0.25) is 0 Å². The number of hydrogen-bond acceptors (Lipinski definition) is 4. The number of nitrogens with two attached hydrogens (primary N) is 1. The molecule has 0 radical (unpaired) electrons. The van der Waals surface area contributed by atoms with Gasteiger partial charge in [-0.2, -0.15) is 18.2 Å². The molecule has 0 aromatic carbocycles. The molecule has 0 unspecified atom stereocenters. The summed E-state index contributed by atoms with van der Waals surface area (Å²) >= 11 is 0. The van der Waals surface area contributed by atoms with Crippen molar-refractivity contribution in [2.75, 3.05) is 5.73 Å². The fourth-order valence-corrected chi connectivity index (χ4v) is 0.912. The van der Waals surface area contributed by atoms with Gasteiger partial charge in [-0.25, -0.2) is 9.36 Å². The Bertz CT molecular complexity index is 464. The van der Waals surface area contributed by atoms with E-state index >= 15 is 0 Å². The first kappa shape index (κ1) is 11.2. The van der Waals surface area contributed by atoms with E-state index in [1.54, 1.807) is 0 Å². The van der Waals surface area contributed by atoms with Crippen LogP contribution in [0.4, 0.5) is 19.0 Å². The quantitative estimate of drug-likeness (QED) is 0.692. The molecule has 15 heavy (non-hydrogen) atoms. The van der Waals surface area contributed by atoms with Crippen molar-refractivity contribution in [1.82, 2.24) is 9.55 Å². The van der Waals surface area contributed by atoms with Crippen LogP contribution in [0, 0.1) is 0 Å². The zero-order valence-electron chi connectivity index (χ0n) is 7.50. The number of hydrogen-bond donors (Lipinski definition) is 1. The van der Waals surface area contributed by atoms with Crippen molar-refractivity contribution < 1.29 is 18.0 Å². The normalized spacial score (nSPS) is 11.5. The van der Waals surface area contributed by atoms with Crippen molar-refractivity contribution in [2.45, 2.75) is 13.1 Å². The molecule has 1 aromatic heterocycles. The van der Waals surface area contributed by atoms with E-state index in [2.05, 4.69) is 4.98 Å². The van der Waals surface area contributed by atoms with E-state index in [4.69, 9.17) is 5.73 Å². The van der Waals surface area contributed by atoms with Crippen LogP contribution in [0.5, 0.6) is 0 Å². The summed E-state index contributed by atoms with van der Waals surface area (Å²) in [4.78, 5) is 24.6. The van der Waals surface area contributed by atoms with Crippen molar-refractivity contribution in [2.24, 2.45) is 0 Å². The molecule has 0 spiro atoms. The SMILES string of the molecule is CC(=O)n1cc(C(F)(F)F)c(N)nc1=O. The van der Waals surface area contributed by atoms with Gasteiger partial charge in [0.15, 0.2) is 0 Å². The Kier molecular flexibility index (Phi) is 2.52. The molecule has 0 aliphatic carbocycles. The zero-order valence-corrected chi connectivity index (χ0v) is 7.50. The molecule has 5 nitrogen and oxygen atoms in total. The van der Waals surface area contributed by atoms with Gasteiger partial charge in [-0.3, -0.25) is 4.79 Å². The fraction of sp³-hybridized carbons (Fsp3) is 0.286. The van der Waals surface area contributed by atoms with E-state index in [1.165, 1.54) is 0 Å². The number of aromatic nitrogens is 2. The molecular formula is C7H6F3N3O2. The van der Waals surface area contributed by atoms with Gasteiger partial charge in [-0.1, -0.05) is 0 Å². The summed E-state index contributed by atoms with van der Waals surface area (Å²) < 4.78 is 37.1. The van der Waals surface area contributed by atoms with Crippen LogP contribution in [-0.2, 0) is 6.18 Å². The predicted molar refractivity (Wildman–Crippen MR) is 44.2 cm³/mol. The predicted octanol–water partition coefficient (Wildman–Crippen LogP) is 0.504. The van der Waals surface area contributed by atoms with Crippen LogP contribution < -0.4 is 11.4 Å². The van der Waals surface area contributed by atoms with E-state index in [0.717, 1.165) is 6.92 Å². The molecule has 0 aliphatic heterocycles. The van der Waals surface area contributed by atoms with Crippen molar-refractivity contribution in [3.63, 3.8) is 0 Å². The van der Waals surface area contributed by atoms with E-state index < -0.39 is 29.2 Å². The van der Waals surface area contributed by atoms with Gasteiger partial charge in [0.05, 0.1) is 0 Å². The summed E-state index contributed by atoms with van der Waals surface area (Å²) in [6.07, 6.45) is -4.41. The minimum absolute atomic E-state index is 0.249. The van der Waals surface area contributed by atoms with E-state index in [1.807, 2.05) is 0 Å². The van der Waals surface area contributed by atoms with Crippen LogP contribution in [0.1, 0.15) is 17.3 Å². The van der Waals surface area contributed by atoms with Crippen molar-refractivity contribution in [3.8, 4) is 0 Å². The Morgan fingerprint density at radius 2 is 2.07 bits per heavy atom. The van der Waals surface area contributed by atoms with Gasteiger partial charge in [0, 0.05) is 13.1 Å². The second-order valence-corrected chi connectivity index (χ2v) is 2.71. The molecular weight excluding hydrogens is 215 g/mol. The monoisotopic (exact) mass is 221 g/mol. The first-order valence-electron chi connectivity index (χ1n) is 3.71. The molecule has 0 saturated carbocycles. The summed E-state index contributed by atoms with van der Waals surface area (Å²) in [6.45, 7) is 0.944. The maximum atomic E-state index is 12.3. The number of carbonyl (C=O) groups is 1. The molecule has 1 rings (SSSR count). The minimum Gasteiger partial charge on any atom is -0.383 e. The number of carbonyl (C=O) groups excluding carboxylic acids is 1. The number of nitrogens with zero attached hydrogens (tertiary/aromatic N) is 2. The van der Waals surface area contributed by atoms with Gasteiger partial charge in [-0.05, 0) is 0 Å². The van der Waals surface area contributed by atoms with Gasteiger partial charge >= 0.3 is 11.9 Å². The second-order valence-electron chi connectivity index (χ2n) is 2.71. The molecule has 0 atom stereocenters. The van der Waals surface area contributed by atoms with Crippen LogP contribution >= 0.6 is 0 Å². The Labute approximate surface area is 81.3 Å². The summed E-state index contributed by atoms with van der Waals surface area (Å²) in [5.74, 6) is -1.80. The second kappa shape index (κ2) is 3.37. The number of alkyl halides is 3. The van der Waals surface area contributed by atoms with Gasteiger partial charge in [0.25, 0.3) is 0 Å². The average molecular weight is 221 g/mol. The first-order chi connectivity index (χ1) is 6.73. The highest BCUT2D eigenvalue weighted by Gasteiger charge is 2.35. The molecule has 1 aromatic rings. The van der Waals surface area contributed by atoms with Crippen molar-refractivity contribution in [3.05, 3.63) is 22.2 Å². The third-order valence-electron chi connectivity index (χ3n) is 1.60. The molecule has 0 fully saturated rings. The Morgan fingerprint density at radius 1 is 1.53 bits per heavy atom. The first-order valence-corrected chi connectivity index (χ1v) is 3.71.